The van der Waals surface area contributed by atoms with Crippen molar-refractivity contribution in [2.24, 2.45) is 4.99 Å². The van der Waals surface area contributed by atoms with Crippen LogP contribution >= 0.6 is 24.0 Å². The molecular formula is C19H25FIN3O. The van der Waals surface area contributed by atoms with Crippen molar-refractivity contribution >= 4 is 29.9 Å². The fraction of sp³-hybridized carbons (Fsp3) is 0.316. The molecule has 0 aliphatic rings. The minimum atomic E-state index is -0.217. The van der Waals surface area contributed by atoms with E-state index < -0.39 is 0 Å². The fourth-order valence-corrected chi connectivity index (χ4v) is 2.20. The van der Waals surface area contributed by atoms with Crippen LogP contribution in [0.2, 0.25) is 0 Å². The van der Waals surface area contributed by atoms with Crippen molar-refractivity contribution in [1.29, 1.82) is 0 Å². The predicted octanol–water partition coefficient (Wildman–Crippen LogP) is 3.85. The number of ether oxygens (including phenoxy) is 1. The monoisotopic (exact) mass is 457 g/mol. The molecular weight excluding hydrogens is 432 g/mol. The number of halogens is 2. The van der Waals surface area contributed by atoms with Crippen molar-refractivity contribution in [3.05, 3.63) is 71.0 Å². The molecule has 0 aliphatic carbocycles. The van der Waals surface area contributed by atoms with Gasteiger partial charge in [-0.2, -0.15) is 0 Å². The molecule has 136 valence electrons. The number of benzene rings is 2. The van der Waals surface area contributed by atoms with Crippen molar-refractivity contribution < 1.29 is 9.13 Å². The molecule has 0 spiro atoms. The van der Waals surface area contributed by atoms with Crippen molar-refractivity contribution in [1.82, 2.24) is 10.6 Å². The Hall–Kier alpha value is -1.67. The zero-order valence-electron chi connectivity index (χ0n) is 14.6. The van der Waals surface area contributed by atoms with E-state index in [-0.39, 0.29) is 29.8 Å². The molecule has 25 heavy (non-hydrogen) atoms. The second kappa shape index (κ2) is 11.8. The quantitative estimate of drug-likeness (QED) is 0.377. The zero-order chi connectivity index (χ0) is 17.2. The summed E-state index contributed by atoms with van der Waals surface area (Å²) in [5, 5.41) is 6.34. The number of guanidine groups is 1. The lowest BCUT2D eigenvalue weighted by Crippen LogP contribution is -2.36. The van der Waals surface area contributed by atoms with Crippen LogP contribution in [0.1, 0.15) is 23.6 Å². The maximum absolute atomic E-state index is 13.6. The molecule has 2 N–H and O–H groups in total. The second-order valence-corrected chi connectivity index (χ2v) is 5.32. The molecule has 0 radical (unpaired) electrons. The van der Waals surface area contributed by atoms with Gasteiger partial charge in [-0.25, -0.2) is 4.39 Å². The molecule has 0 bridgehead atoms. The standard InChI is InChI=1S/C19H24FN3O.HI/c1-3-24-14-16-10-8-15(9-11-16)12-22-19(21-2)23-13-17-6-4-5-7-18(17)20;/h4-11H,3,12-14H2,1-2H3,(H2,21,22,23);1H. The average molecular weight is 457 g/mol. The Bertz CT molecular complexity index is 662. The number of nitrogens with one attached hydrogen (secondary N) is 2. The lowest BCUT2D eigenvalue weighted by molar-refractivity contribution is 0.134. The highest BCUT2D eigenvalue weighted by Crippen LogP contribution is 2.07. The molecule has 0 unspecified atom stereocenters. The van der Waals surface area contributed by atoms with Crippen molar-refractivity contribution in [2.75, 3.05) is 13.7 Å². The molecule has 0 saturated carbocycles. The summed E-state index contributed by atoms with van der Waals surface area (Å²) in [6, 6.07) is 15.0. The number of aliphatic imine (C=N–C) groups is 1. The molecule has 2 rings (SSSR count). The second-order valence-electron chi connectivity index (χ2n) is 5.32. The molecule has 0 atom stereocenters. The number of rotatable bonds is 7. The smallest absolute Gasteiger partial charge is 0.191 e. The Morgan fingerprint density at radius 2 is 1.64 bits per heavy atom. The van der Waals surface area contributed by atoms with Gasteiger partial charge in [0.15, 0.2) is 5.96 Å². The molecule has 0 aliphatic heterocycles. The summed E-state index contributed by atoms with van der Waals surface area (Å²) < 4.78 is 19.0. The minimum Gasteiger partial charge on any atom is -0.377 e. The molecule has 0 heterocycles. The van der Waals surface area contributed by atoms with E-state index in [0.717, 1.165) is 11.1 Å². The first-order valence-electron chi connectivity index (χ1n) is 8.06. The largest absolute Gasteiger partial charge is 0.377 e. The van der Waals surface area contributed by atoms with Gasteiger partial charge < -0.3 is 15.4 Å². The van der Waals surface area contributed by atoms with Crippen LogP contribution in [0.25, 0.3) is 0 Å². The van der Waals surface area contributed by atoms with Crippen LogP contribution in [-0.4, -0.2) is 19.6 Å². The first-order valence-corrected chi connectivity index (χ1v) is 8.06. The summed E-state index contributed by atoms with van der Waals surface area (Å²) in [4.78, 5) is 4.16. The molecule has 0 saturated heterocycles. The Balaban J connectivity index is 0.00000312. The van der Waals surface area contributed by atoms with Gasteiger partial charge in [0, 0.05) is 32.3 Å². The van der Waals surface area contributed by atoms with E-state index in [9.17, 15) is 4.39 Å². The number of nitrogens with zero attached hydrogens (tertiary/aromatic N) is 1. The van der Waals surface area contributed by atoms with Gasteiger partial charge in [-0.15, -0.1) is 24.0 Å². The molecule has 0 aromatic heterocycles. The zero-order valence-corrected chi connectivity index (χ0v) is 16.9. The minimum absolute atomic E-state index is 0. The Labute approximate surface area is 165 Å². The first-order chi connectivity index (χ1) is 11.7. The summed E-state index contributed by atoms with van der Waals surface area (Å²) in [6.45, 7) is 4.37. The normalized spacial score (nSPS) is 10.9. The first kappa shape index (κ1) is 21.4. The Morgan fingerprint density at radius 3 is 2.28 bits per heavy atom. The molecule has 0 fully saturated rings. The van der Waals surface area contributed by atoms with Crippen molar-refractivity contribution in [3.63, 3.8) is 0 Å². The van der Waals surface area contributed by atoms with Gasteiger partial charge in [0.1, 0.15) is 5.82 Å². The number of hydrogen-bond donors (Lipinski definition) is 2. The maximum Gasteiger partial charge on any atom is 0.191 e. The van der Waals surface area contributed by atoms with E-state index in [0.29, 0.717) is 37.8 Å². The number of hydrogen-bond acceptors (Lipinski definition) is 2. The van der Waals surface area contributed by atoms with Crippen LogP contribution < -0.4 is 10.6 Å². The van der Waals surface area contributed by atoms with Gasteiger partial charge in [-0.1, -0.05) is 42.5 Å². The highest BCUT2D eigenvalue weighted by atomic mass is 127. The van der Waals surface area contributed by atoms with E-state index in [1.54, 1.807) is 19.2 Å². The van der Waals surface area contributed by atoms with Gasteiger partial charge in [-0.3, -0.25) is 4.99 Å². The summed E-state index contributed by atoms with van der Waals surface area (Å²) >= 11 is 0. The van der Waals surface area contributed by atoms with Crippen molar-refractivity contribution in [2.45, 2.75) is 26.6 Å². The molecule has 0 amide bonds. The van der Waals surface area contributed by atoms with E-state index in [1.807, 2.05) is 13.0 Å². The third kappa shape index (κ3) is 7.39. The molecule has 6 heteroatoms. The fourth-order valence-electron chi connectivity index (χ4n) is 2.20. The van der Waals surface area contributed by atoms with Gasteiger partial charge in [0.25, 0.3) is 0 Å². The van der Waals surface area contributed by atoms with Gasteiger partial charge in [0.05, 0.1) is 6.61 Å². The van der Waals surface area contributed by atoms with Gasteiger partial charge in [-0.05, 0) is 24.1 Å². The van der Waals surface area contributed by atoms with Gasteiger partial charge in [0.2, 0.25) is 0 Å². The highest BCUT2D eigenvalue weighted by molar-refractivity contribution is 14.0. The predicted molar refractivity (Wildman–Crippen MR) is 111 cm³/mol. The van der Waals surface area contributed by atoms with Crippen molar-refractivity contribution in [3.8, 4) is 0 Å². The van der Waals surface area contributed by atoms with Crippen LogP contribution in [0.5, 0.6) is 0 Å². The molecule has 2 aromatic carbocycles. The topological polar surface area (TPSA) is 45.6 Å². The van der Waals surface area contributed by atoms with Crippen LogP contribution in [0.4, 0.5) is 4.39 Å². The SMILES string of the molecule is CCOCc1ccc(CNC(=NC)NCc2ccccc2F)cc1.I. The van der Waals surface area contributed by atoms with E-state index >= 15 is 0 Å². The van der Waals surface area contributed by atoms with Gasteiger partial charge >= 0.3 is 0 Å². The lowest BCUT2D eigenvalue weighted by atomic mass is 10.1. The lowest BCUT2D eigenvalue weighted by Gasteiger charge is -2.12. The van der Waals surface area contributed by atoms with Crippen LogP contribution in [0.15, 0.2) is 53.5 Å². The summed E-state index contributed by atoms with van der Waals surface area (Å²) in [5.41, 5.74) is 2.91. The summed E-state index contributed by atoms with van der Waals surface area (Å²) in [6.07, 6.45) is 0. The maximum atomic E-state index is 13.6. The van der Waals surface area contributed by atoms with E-state index in [1.165, 1.54) is 6.07 Å². The Kier molecular flexibility index (Phi) is 10.1. The highest BCUT2D eigenvalue weighted by Gasteiger charge is 2.03. The van der Waals surface area contributed by atoms with Crippen LogP contribution in [0.3, 0.4) is 0 Å². The Morgan fingerprint density at radius 1 is 1.00 bits per heavy atom. The molecule has 4 nitrogen and oxygen atoms in total. The third-order valence-corrected chi connectivity index (χ3v) is 3.58. The summed E-state index contributed by atoms with van der Waals surface area (Å²) in [7, 11) is 1.70. The van der Waals surface area contributed by atoms with Crippen LogP contribution in [0, 0.1) is 5.82 Å². The third-order valence-electron chi connectivity index (χ3n) is 3.58. The average Bonchev–Trinajstić information content (AvgIpc) is 2.62. The summed E-state index contributed by atoms with van der Waals surface area (Å²) in [5.74, 6) is 0.419. The van der Waals surface area contributed by atoms with E-state index in [2.05, 4.69) is 39.9 Å². The van der Waals surface area contributed by atoms with E-state index in [4.69, 9.17) is 4.74 Å². The molecule has 2 aromatic rings. The van der Waals surface area contributed by atoms with Crippen LogP contribution in [-0.2, 0) is 24.4 Å².